The van der Waals surface area contributed by atoms with Gasteiger partial charge in [-0.15, -0.1) is 0 Å². The first kappa shape index (κ1) is 13.8. The van der Waals surface area contributed by atoms with E-state index in [1.165, 1.54) is 4.90 Å². The lowest BCUT2D eigenvalue weighted by Crippen LogP contribution is -2.48. The Morgan fingerprint density at radius 3 is 2.71 bits per heavy atom. The second-order valence-corrected chi connectivity index (χ2v) is 3.98. The molecule has 98 valence electrons. The van der Waals surface area contributed by atoms with Crippen LogP contribution in [0.2, 0.25) is 0 Å². The summed E-state index contributed by atoms with van der Waals surface area (Å²) < 4.78 is 5.18. The number of rotatable bonds is 5. The average Bonchev–Trinajstić information content (AvgIpc) is 2.78. The minimum Gasteiger partial charge on any atom is -0.379 e. The molecule has 0 radical (unpaired) electrons. The number of nitrogens with one attached hydrogen (secondary N) is 2. The van der Waals surface area contributed by atoms with Crippen molar-refractivity contribution < 1.29 is 14.3 Å². The van der Waals surface area contributed by atoms with Gasteiger partial charge in [0.25, 0.3) is 0 Å². The van der Waals surface area contributed by atoms with Crippen LogP contribution in [-0.4, -0.2) is 55.7 Å². The second-order valence-electron chi connectivity index (χ2n) is 3.98. The molecule has 0 aromatic heterocycles. The lowest BCUT2D eigenvalue weighted by molar-refractivity contribution is -0.121. The fourth-order valence-electron chi connectivity index (χ4n) is 1.67. The van der Waals surface area contributed by atoms with Crippen molar-refractivity contribution in [2.75, 3.05) is 32.8 Å². The number of likely N-dealkylation sites (N-methyl/N-ethyl adjacent to an activating group) is 2. The normalized spacial score (nSPS) is 18.8. The Kier molecular flexibility index (Phi) is 5.76. The minimum absolute atomic E-state index is 0.0748. The molecule has 2 N–H and O–H groups in total. The molecule has 0 aliphatic carbocycles. The summed E-state index contributed by atoms with van der Waals surface area (Å²) in [6, 6.07) is -0.125. The zero-order chi connectivity index (χ0) is 12.7. The highest BCUT2D eigenvalue weighted by atomic mass is 16.5. The number of carbonyl (C=O) groups excluding carboxylic acids is 2. The zero-order valence-corrected chi connectivity index (χ0v) is 10.5. The maximum absolute atomic E-state index is 11.8. The molecule has 1 aliphatic heterocycles. The van der Waals surface area contributed by atoms with E-state index in [2.05, 4.69) is 10.6 Å². The molecular weight excluding hydrogens is 222 g/mol. The maximum atomic E-state index is 11.8. The van der Waals surface area contributed by atoms with Gasteiger partial charge in [-0.05, 0) is 20.3 Å². The third-order valence-electron chi connectivity index (χ3n) is 2.63. The summed E-state index contributed by atoms with van der Waals surface area (Å²) in [5, 5.41) is 5.53. The second kappa shape index (κ2) is 7.11. The van der Waals surface area contributed by atoms with Crippen LogP contribution < -0.4 is 10.6 Å². The van der Waals surface area contributed by atoms with Crippen LogP contribution in [0.15, 0.2) is 0 Å². The third-order valence-corrected chi connectivity index (χ3v) is 2.63. The Balaban J connectivity index is 2.37. The molecule has 0 spiro atoms. The van der Waals surface area contributed by atoms with Crippen molar-refractivity contribution in [3.05, 3.63) is 0 Å². The summed E-state index contributed by atoms with van der Waals surface area (Å²) >= 11 is 0. The summed E-state index contributed by atoms with van der Waals surface area (Å²) in [5.74, 6) is -0.132. The number of hydrogen-bond acceptors (Lipinski definition) is 3. The molecule has 1 heterocycles. The lowest BCUT2D eigenvalue weighted by Gasteiger charge is -2.22. The molecule has 1 saturated heterocycles. The Morgan fingerprint density at radius 2 is 2.18 bits per heavy atom. The van der Waals surface area contributed by atoms with Gasteiger partial charge in [-0.3, -0.25) is 4.79 Å². The highest BCUT2D eigenvalue weighted by Gasteiger charge is 2.21. The number of ether oxygens (including phenoxy) is 1. The minimum atomic E-state index is -0.200. The van der Waals surface area contributed by atoms with Gasteiger partial charge in [0.1, 0.15) is 6.54 Å². The van der Waals surface area contributed by atoms with Gasteiger partial charge in [0.15, 0.2) is 0 Å². The van der Waals surface area contributed by atoms with Crippen molar-refractivity contribution in [3.63, 3.8) is 0 Å². The Bertz CT molecular complexity index is 265. The number of nitrogens with zero attached hydrogens (tertiary/aromatic N) is 1. The fourth-order valence-corrected chi connectivity index (χ4v) is 1.67. The molecular formula is C11H21N3O3. The summed E-state index contributed by atoms with van der Waals surface area (Å²) in [5.41, 5.74) is 0. The predicted octanol–water partition coefficient (Wildman–Crippen LogP) is -0.0571. The SMILES string of the molecule is CCNC(=O)CN(CC)C(=O)NC1CCOC1. The van der Waals surface area contributed by atoms with Crippen LogP contribution in [-0.2, 0) is 9.53 Å². The topological polar surface area (TPSA) is 70.7 Å². The van der Waals surface area contributed by atoms with E-state index in [0.29, 0.717) is 26.3 Å². The Labute approximate surface area is 102 Å². The fraction of sp³-hybridized carbons (Fsp3) is 0.818. The Hall–Kier alpha value is -1.30. The van der Waals surface area contributed by atoms with E-state index in [4.69, 9.17) is 4.74 Å². The van der Waals surface area contributed by atoms with Crippen molar-refractivity contribution in [2.45, 2.75) is 26.3 Å². The van der Waals surface area contributed by atoms with Crippen LogP contribution in [0, 0.1) is 0 Å². The van der Waals surface area contributed by atoms with Gasteiger partial charge in [0.05, 0.1) is 12.6 Å². The van der Waals surface area contributed by atoms with Gasteiger partial charge in [-0.2, -0.15) is 0 Å². The van der Waals surface area contributed by atoms with Crippen molar-refractivity contribution in [2.24, 2.45) is 0 Å². The molecule has 6 heteroatoms. The molecule has 1 fully saturated rings. The molecule has 17 heavy (non-hydrogen) atoms. The van der Waals surface area contributed by atoms with Crippen LogP contribution >= 0.6 is 0 Å². The van der Waals surface area contributed by atoms with E-state index < -0.39 is 0 Å². The number of hydrogen-bond donors (Lipinski definition) is 2. The van der Waals surface area contributed by atoms with Crippen LogP contribution in [0.1, 0.15) is 20.3 Å². The number of carbonyl (C=O) groups is 2. The lowest BCUT2D eigenvalue weighted by atomic mass is 10.3. The first-order valence-electron chi connectivity index (χ1n) is 6.07. The monoisotopic (exact) mass is 243 g/mol. The van der Waals surface area contributed by atoms with Gasteiger partial charge in [-0.25, -0.2) is 4.79 Å². The molecule has 0 aromatic carbocycles. The van der Waals surface area contributed by atoms with Crippen LogP contribution in [0.4, 0.5) is 4.79 Å². The van der Waals surface area contributed by atoms with Crippen LogP contribution in [0.3, 0.4) is 0 Å². The first-order valence-corrected chi connectivity index (χ1v) is 6.07. The van der Waals surface area contributed by atoms with E-state index in [-0.39, 0.29) is 24.5 Å². The highest BCUT2D eigenvalue weighted by molar-refractivity contribution is 5.84. The van der Waals surface area contributed by atoms with Crippen LogP contribution in [0.5, 0.6) is 0 Å². The number of amides is 3. The molecule has 6 nitrogen and oxygen atoms in total. The molecule has 1 rings (SSSR count). The standard InChI is InChI=1S/C11H21N3O3/c1-3-12-10(15)7-14(4-2)11(16)13-9-5-6-17-8-9/h9H,3-8H2,1-2H3,(H,12,15)(H,13,16). The van der Waals surface area contributed by atoms with Crippen LogP contribution in [0.25, 0.3) is 0 Å². The molecule has 0 saturated carbocycles. The van der Waals surface area contributed by atoms with Crippen molar-refractivity contribution in [3.8, 4) is 0 Å². The molecule has 3 amide bonds. The van der Waals surface area contributed by atoms with E-state index in [1.54, 1.807) is 0 Å². The van der Waals surface area contributed by atoms with E-state index in [9.17, 15) is 9.59 Å². The molecule has 0 bridgehead atoms. The summed E-state index contributed by atoms with van der Waals surface area (Å²) in [6.45, 7) is 6.14. The molecule has 0 aromatic rings. The highest BCUT2D eigenvalue weighted by Crippen LogP contribution is 2.04. The maximum Gasteiger partial charge on any atom is 0.318 e. The van der Waals surface area contributed by atoms with Gasteiger partial charge in [-0.1, -0.05) is 0 Å². The van der Waals surface area contributed by atoms with Gasteiger partial charge in [0, 0.05) is 19.7 Å². The Morgan fingerprint density at radius 1 is 1.41 bits per heavy atom. The molecule has 1 atom stereocenters. The summed E-state index contributed by atoms with van der Waals surface area (Å²) in [6.07, 6.45) is 0.838. The molecule has 1 aliphatic rings. The van der Waals surface area contributed by atoms with Crippen molar-refractivity contribution in [1.29, 1.82) is 0 Å². The van der Waals surface area contributed by atoms with Gasteiger partial charge in [0.2, 0.25) is 5.91 Å². The van der Waals surface area contributed by atoms with Crippen molar-refractivity contribution >= 4 is 11.9 Å². The van der Waals surface area contributed by atoms with Gasteiger partial charge < -0.3 is 20.3 Å². The first-order chi connectivity index (χ1) is 8.17. The number of urea groups is 1. The van der Waals surface area contributed by atoms with E-state index in [1.807, 2.05) is 13.8 Å². The summed E-state index contributed by atoms with van der Waals surface area (Å²) in [4.78, 5) is 24.7. The van der Waals surface area contributed by atoms with Crippen molar-refractivity contribution in [1.82, 2.24) is 15.5 Å². The zero-order valence-electron chi connectivity index (χ0n) is 10.5. The van der Waals surface area contributed by atoms with Gasteiger partial charge >= 0.3 is 6.03 Å². The summed E-state index contributed by atoms with van der Waals surface area (Å²) in [7, 11) is 0. The largest absolute Gasteiger partial charge is 0.379 e. The van der Waals surface area contributed by atoms with E-state index >= 15 is 0 Å². The average molecular weight is 243 g/mol. The smallest absolute Gasteiger partial charge is 0.318 e. The predicted molar refractivity (Wildman–Crippen MR) is 63.7 cm³/mol. The third kappa shape index (κ3) is 4.60. The molecule has 1 unspecified atom stereocenters. The van der Waals surface area contributed by atoms with E-state index in [0.717, 1.165) is 6.42 Å². The quantitative estimate of drug-likeness (QED) is 0.711.